The van der Waals surface area contributed by atoms with Crippen LogP contribution in [0.25, 0.3) is 0 Å². The molecule has 0 aliphatic carbocycles. The van der Waals surface area contributed by atoms with Gasteiger partial charge in [-0.15, -0.1) is 0 Å². The zero-order valence-electron chi connectivity index (χ0n) is 38.8. The standard InChI is InChI=1S/C44H69N15O9/c1-3-4-13-30(53-26(2)60)38(63)56-32-16-17-36(61)50-21-18-33(41(66)54-29(37(46)62)14-8-9-19-45)57-39(64)31(15-10-20-51-44(47)48)55-42(67)34(22-27-11-6-5-7-12-27)58-43(68)35(59-40(32)65)23-28-24-49-25-52-28/h5-7,11-12,24-25,29-35H,3-4,8-10,13-23,45H2,1-2H3,(H2,46,62)(H,49,52)(H,50,61)(H,53,60)(H,54,66)(H,55,67)(H,56,63)(H,57,64)(H,58,68)(H,59,65)(H4,47,48,51). The minimum Gasteiger partial charge on any atom is -0.370 e. The van der Waals surface area contributed by atoms with Crippen LogP contribution < -0.4 is 65.5 Å². The van der Waals surface area contributed by atoms with Gasteiger partial charge in [-0.25, -0.2) is 4.98 Å². The van der Waals surface area contributed by atoms with Crippen molar-refractivity contribution in [2.75, 3.05) is 19.6 Å². The molecule has 7 atom stereocenters. The second-order valence-corrected chi connectivity index (χ2v) is 16.5. The molecule has 24 nitrogen and oxygen atoms in total. The van der Waals surface area contributed by atoms with Crippen LogP contribution >= 0.6 is 0 Å². The molecule has 7 unspecified atom stereocenters. The number of primary amides is 1. The van der Waals surface area contributed by atoms with Crippen LogP contribution in [0.3, 0.4) is 0 Å². The highest BCUT2D eigenvalue weighted by molar-refractivity contribution is 5.98. The smallest absolute Gasteiger partial charge is 0.243 e. The fourth-order valence-corrected chi connectivity index (χ4v) is 7.25. The summed E-state index contributed by atoms with van der Waals surface area (Å²) < 4.78 is 0. The van der Waals surface area contributed by atoms with Gasteiger partial charge in [0.25, 0.3) is 0 Å². The molecule has 0 spiro atoms. The summed E-state index contributed by atoms with van der Waals surface area (Å²) in [5, 5.41) is 21.3. The molecular weight excluding hydrogens is 883 g/mol. The number of guanidine groups is 1. The van der Waals surface area contributed by atoms with E-state index in [2.05, 4.69) is 57.5 Å². The number of aromatic amines is 1. The van der Waals surface area contributed by atoms with Crippen molar-refractivity contribution in [3.63, 3.8) is 0 Å². The van der Waals surface area contributed by atoms with E-state index >= 15 is 0 Å². The molecule has 0 saturated carbocycles. The molecule has 1 aliphatic rings. The molecule has 0 bridgehead atoms. The number of aliphatic imine (C=N–C) groups is 1. The van der Waals surface area contributed by atoms with Gasteiger partial charge in [-0.05, 0) is 63.5 Å². The highest BCUT2D eigenvalue weighted by Gasteiger charge is 2.35. The van der Waals surface area contributed by atoms with Gasteiger partial charge in [0.05, 0.1) is 6.33 Å². The number of carbonyl (C=O) groups is 9. The largest absolute Gasteiger partial charge is 0.370 e. The number of unbranched alkanes of at least 4 members (excludes halogenated alkanes) is 2. The molecule has 1 saturated heterocycles. The van der Waals surface area contributed by atoms with E-state index in [-0.39, 0.29) is 76.8 Å². The number of amides is 9. The van der Waals surface area contributed by atoms with Gasteiger partial charge in [0.2, 0.25) is 53.2 Å². The van der Waals surface area contributed by atoms with Gasteiger partial charge in [0.15, 0.2) is 5.96 Å². The van der Waals surface area contributed by atoms with Crippen LogP contribution in [0.15, 0.2) is 47.8 Å². The first kappa shape index (κ1) is 55.2. The van der Waals surface area contributed by atoms with Crippen LogP contribution in [0, 0.1) is 0 Å². The number of carbonyl (C=O) groups excluding carboxylic acids is 9. The van der Waals surface area contributed by atoms with Crippen molar-refractivity contribution in [1.82, 2.24) is 52.5 Å². The molecular formula is C44H69N15O9. The first-order chi connectivity index (χ1) is 32.5. The molecule has 68 heavy (non-hydrogen) atoms. The summed E-state index contributed by atoms with van der Waals surface area (Å²) >= 11 is 0. The second kappa shape index (κ2) is 29.5. The fourth-order valence-electron chi connectivity index (χ4n) is 7.25. The number of hydrogen-bond acceptors (Lipinski definition) is 12. The maximum atomic E-state index is 14.4. The van der Waals surface area contributed by atoms with E-state index in [1.54, 1.807) is 30.3 Å². The van der Waals surface area contributed by atoms with E-state index in [1.165, 1.54) is 19.4 Å². The SMILES string of the molecule is CCCCC(NC(C)=O)C(=O)NC1CCC(=O)NCCC(C(=O)NC(CCCCN)C(N)=O)NC(=O)C(CCCN=C(N)N)NC(=O)C(Cc2ccccc2)NC(=O)C(Cc2cnc[nH]2)NC1=O. The first-order valence-corrected chi connectivity index (χ1v) is 22.9. The van der Waals surface area contributed by atoms with Gasteiger partial charge < -0.3 is 70.5 Å². The third kappa shape index (κ3) is 20.2. The maximum Gasteiger partial charge on any atom is 0.243 e. The summed E-state index contributed by atoms with van der Waals surface area (Å²) in [6.07, 6.45) is 4.52. The maximum absolute atomic E-state index is 14.4. The lowest BCUT2D eigenvalue weighted by atomic mass is 10.0. The number of nitrogens with two attached hydrogens (primary N) is 4. The number of nitrogens with zero attached hydrogens (tertiary/aromatic N) is 2. The molecule has 2 aromatic rings. The Kier molecular flexibility index (Phi) is 24.0. The predicted molar refractivity (Wildman–Crippen MR) is 250 cm³/mol. The minimum atomic E-state index is -1.42. The minimum absolute atomic E-state index is 0.0543. The van der Waals surface area contributed by atoms with Crippen molar-refractivity contribution in [1.29, 1.82) is 0 Å². The Morgan fingerprint density at radius 3 is 2.09 bits per heavy atom. The summed E-state index contributed by atoms with van der Waals surface area (Å²) in [6, 6.07) is -0.373. The molecule has 24 heteroatoms. The van der Waals surface area contributed by atoms with Crippen molar-refractivity contribution in [2.45, 2.75) is 140 Å². The topological polar surface area (TPSA) is 395 Å². The summed E-state index contributed by atoms with van der Waals surface area (Å²) in [5.74, 6) is -6.94. The molecule has 0 radical (unpaired) electrons. The monoisotopic (exact) mass is 952 g/mol. The molecule has 17 N–H and O–H groups in total. The second-order valence-electron chi connectivity index (χ2n) is 16.5. The zero-order chi connectivity index (χ0) is 50.0. The highest BCUT2D eigenvalue weighted by atomic mass is 16.2. The number of aromatic nitrogens is 2. The van der Waals surface area contributed by atoms with E-state index in [1.807, 2.05) is 6.92 Å². The van der Waals surface area contributed by atoms with Crippen LogP contribution in [0.1, 0.15) is 95.7 Å². The number of rotatable bonds is 21. The molecule has 3 rings (SSSR count). The Hall–Kier alpha value is -7.11. The quantitative estimate of drug-likeness (QED) is 0.0333. The first-order valence-electron chi connectivity index (χ1n) is 22.9. The Balaban J connectivity index is 2.12. The van der Waals surface area contributed by atoms with E-state index in [9.17, 15) is 43.2 Å². The summed E-state index contributed by atoms with van der Waals surface area (Å²) in [5.41, 5.74) is 23.3. The Morgan fingerprint density at radius 1 is 0.794 bits per heavy atom. The molecule has 374 valence electrons. The molecule has 1 aromatic heterocycles. The highest BCUT2D eigenvalue weighted by Crippen LogP contribution is 2.11. The van der Waals surface area contributed by atoms with Gasteiger partial charge in [-0.3, -0.25) is 48.1 Å². The van der Waals surface area contributed by atoms with Crippen molar-refractivity contribution in [2.24, 2.45) is 27.9 Å². The molecule has 2 heterocycles. The summed E-state index contributed by atoms with van der Waals surface area (Å²) in [7, 11) is 0. The van der Waals surface area contributed by atoms with E-state index in [0.717, 1.165) is 0 Å². The van der Waals surface area contributed by atoms with Crippen LogP contribution in [0.2, 0.25) is 0 Å². The van der Waals surface area contributed by atoms with Gasteiger partial charge in [-0.2, -0.15) is 0 Å². The van der Waals surface area contributed by atoms with E-state index < -0.39 is 95.5 Å². The third-order valence-corrected chi connectivity index (χ3v) is 10.9. The number of imidazole rings is 1. The average molecular weight is 952 g/mol. The summed E-state index contributed by atoms with van der Waals surface area (Å²) in [6.45, 7) is 3.35. The zero-order valence-corrected chi connectivity index (χ0v) is 38.8. The molecule has 1 fully saturated rings. The van der Waals surface area contributed by atoms with Crippen molar-refractivity contribution in [3.05, 3.63) is 54.1 Å². The van der Waals surface area contributed by atoms with Crippen LogP contribution in [-0.4, -0.2) is 131 Å². The van der Waals surface area contributed by atoms with Crippen LogP contribution in [0.4, 0.5) is 0 Å². The Morgan fingerprint density at radius 2 is 1.46 bits per heavy atom. The molecule has 9 amide bonds. The van der Waals surface area contributed by atoms with Crippen molar-refractivity contribution in [3.8, 4) is 0 Å². The number of hydrogen-bond donors (Lipinski definition) is 13. The number of nitrogens with one attached hydrogen (secondary N) is 9. The fraction of sp³-hybridized carbons (Fsp3) is 0.568. The normalized spacial score (nSPS) is 20.8. The lowest BCUT2D eigenvalue weighted by molar-refractivity contribution is -0.135. The number of H-pyrrole nitrogens is 1. The van der Waals surface area contributed by atoms with Gasteiger partial charge in [0.1, 0.15) is 42.3 Å². The van der Waals surface area contributed by atoms with Crippen molar-refractivity contribution < 1.29 is 43.2 Å². The average Bonchev–Trinajstić information content (AvgIpc) is 3.81. The van der Waals surface area contributed by atoms with E-state index in [4.69, 9.17) is 22.9 Å². The third-order valence-electron chi connectivity index (χ3n) is 10.9. The molecule has 1 aliphatic heterocycles. The summed E-state index contributed by atoms with van der Waals surface area (Å²) in [4.78, 5) is 134. The van der Waals surface area contributed by atoms with Crippen LogP contribution in [-0.2, 0) is 56.0 Å². The Labute approximate surface area is 395 Å². The van der Waals surface area contributed by atoms with Gasteiger partial charge >= 0.3 is 0 Å². The number of benzene rings is 1. The predicted octanol–water partition coefficient (Wildman–Crippen LogP) is -3.23. The molecule has 1 aromatic carbocycles. The Bertz CT molecular complexity index is 2010. The van der Waals surface area contributed by atoms with Crippen LogP contribution in [0.5, 0.6) is 0 Å². The lowest BCUT2D eigenvalue weighted by Gasteiger charge is -2.28. The lowest BCUT2D eigenvalue weighted by Crippen LogP contribution is -2.60. The van der Waals surface area contributed by atoms with E-state index in [0.29, 0.717) is 43.5 Å². The van der Waals surface area contributed by atoms with Gasteiger partial charge in [0, 0.05) is 51.2 Å². The van der Waals surface area contributed by atoms with Crippen molar-refractivity contribution >= 4 is 59.1 Å². The van der Waals surface area contributed by atoms with Gasteiger partial charge in [-0.1, -0.05) is 50.1 Å².